The molecular weight excluding hydrogens is 260 g/mol. The summed E-state index contributed by atoms with van der Waals surface area (Å²) in [5, 5.41) is 18.0. The van der Waals surface area contributed by atoms with Gasteiger partial charge in [0.25, 0.3) is 0 Å². The van der Waals surface area contributed by atoms with Gasteiger partial charge in [-0.2, -0.15) is 9.64 Å². The molecular formula is C10H6N2O3S2. The smallest absolute Gasteiger partial charge is 0.242 e. The van der Waals surface area contributed by atoms with E-state index in [9.17, 15) is 13.5 Å². The van der Waals surface area contributed by atoms with Gasteiger partial charge in [0, 0.05) is 0 Å². The van der Waals surface area contributed by atoms with Crippen molar-refractivity contribution in [2.75, 3.05) is 0 Å². The summed E-state index contributed by atoms with van der Waals surface area (Å²) in [7, 11) is -3.79. The van der Waals surface area contributed by atoms with Crippen molar-refractivity contribution in [3.63, 3.8) is 0 Å². The van der Waals surface area contributed by atoms with E-state index in [-0.39, 0.29) is 14.7 Å². The predicted octanol–water partition coefficient (Wildman–Crippen LogP) is 1.55. The molecule has 1 aromatic carbocycles. The molecule has 0 fully saturated rings. The van der Waals surface area contributed by atoms with E-state index in [4.69, 9.17) is 5.26 Å². The molecule has 0 amide bonds. The van der Waals surface area contributed by atoms with Gasteiger partial charge in [0.2, 0.25) is 15.7 Å². The van der Waals surface area contributed by atoms with Crippen molar-refractivity contribution in [1.29, 1.82) is 5.26 Å². The third kappa shape index (κ3) is 1.88. The molecule has 86 valence electrons. The molecule has 1 N–H and O–H groups in total. The Labute approximate surface area is 102 Å². The molecule has 0 saturated heterocycles. The Morgan fingerprint density at radius 1 is 1.29 bits per heavy atom. The van der Waals surface area contributed by atoms with Gasteiger partial charge in [-0.15, -0.1) is 0 Å². The second-order valence-electron chi connectivity index (χ2n) is 3.10. The van der Waals surface area contributed by atoms with E-state index in [1.54, 1.807) is 24.3 Å². The van der Waals surface area contributed by atoms with Crippen LogP contribution < -0.4 is 0 Å². The summed E-state index contributed by atoms with van der Waals surface area (Å²) in [6.45, 7) is 0. The van der Waals surface area contributed by atoms with Crippen molar-refractivity contribution in [2.45, 2.75) is 9.10 Å². The first-order valence-electron chi connectivity index (χ1n) is 4.46. The van der Waals surface area contributed by atoms with Crippen LogP contribution in [0.2, 0.25) is 0 Å². The molecule has 0 spiro atoms. The van der Waals surface area contributed by atoms with E-state index in [2.05, 4.69) is 4.37 Å². The van der Waals surface area contributed by atoms with Crippen LogP contribution in [-0.4, -0.2) is 17.9 Å². The average molecular weight is 266 g/mol. The highest BCUT2D eigenvalue weighted by Gasteiger charge is 2.26. The second-order valence-corrected chi connectivity index (χ2v) is 6.02. The normalized spacial score (nSPS) is 11.0. The highest BCUT2D eigenvalue weighted by molar-refractivity contribution is 7.93. The van der Waals surface area contributed by atoms with Crippen LogP contribution in [0.15, 0.2) is 39.4 Å². The van der Waals surface area contributed by atoms with Crippen molar-refractivity contribution in [1.82, 2.24) is 4.37 Å². The van der Waals surface area contributed by atoms with Crippen LogP contribution in [0.1, 0.15) is 5.56 Å². The molecule has 17 heavy (non-hydrogen) atoms. The Morgan fingerprint density at radius 2 is 1.94 bits per heavy atom. The van der Waals surface area contributed by atoms with Crippen LogP contribution in [0.5, 0.6) is 5.88 Å². The van der Waals surface area contributed by atoms with Crippen molar-refractivity contribution in [3.8, 4) is 11.9 Å². The first-order chi connectivity index (χ1) is 8.07. The third-order valence-corrected chi connectivity index (χ3v) is 5.15. The van der Waals surface area contributed by atoms with Gasteiger partial charge in [0.05, 0.1) is 4.90 Å². The van der Waals surface area contributed by atoms with Crippen LogP contribution in [0.3, 0.4) is 0 Å². The Morgan fingerprint density at radius 3 is 2.53 bits per heavy atom. The number of nitrogens with zero attached hydrogens (tertiary/aromatic N) is 2. The lowest BCUT2D eigenvalue weighted by Crippen LogP contribution is -2.01. The molecule has 1 heterocycles. The van der Waals surface area contributed by atoms with Crippen molar-refractivity contribution in [3.05, 3.63) is 35.9 Å². The van der Waals surface area contributed by atoms with Gasteiger partial charge in [-0.3, -0.25) is 0 Å². The lowest BCUT2D eigenvalue weighted by atomic mass is 10.4. The summed E-state index contributed by atoms with van der Waals surface area (Å²) >= 11 is 0.592. The lowest BCUT2D eigenvalue weighted by Gasteiger charge is -2.00. The van der Waals surface area contributed by atoms with Crippen LogP contribution in [-0.2, 0) is 9.84 Å². The quantitative estimate of drug-likeness (QED) is 0.890. The fourth-order valence-corrected chi connectivity index (χ4v) is 3.67. The minimum absolute atomic E-state index is 0.0696. The summed E-state index contributed by atoms with van der Waals surface area (Å²) < 4.78 is 27.5. The first kappa shape index (κ1) is 11.6. The molecule has 0 bridgehead atoms. The van der Waals surface area contributed by atoms with Gasteiger partial charge < -0.3 is 5.11 Å². The number of aromatic hydroxyl groups is 1. The first-order valence-corrected chi connectivity index (χ1v) is 6.72. The van der Waals surface area contributed by atoms with Crippen LogP contribution in [0.4, 0.5) is 0 Å². The number of hydrogen-bond donors (Lipinski definition) is 1. The van der Waals surface area contributed by atoms with Gasteiger partial charge in [-0.05, 0) is 23.7 Å². The lowest BCUT2D eigenvalue weighted by molar-refractivity contribution is 0.457. The predicted molar refractivity (Wildman–Crippen MR) is 60.4 cm³/mol. The molecule has 0 aliphatic carbocycles. The SMILES string of the molecule is N#Cc1c(O)nsc1S(=O)(=O)c1ccccc1. The molecule has 5 nitrogen and oxygen atoms in total. The zero-order valence-electron chi connectivity index (χ0n) is 8.36. The summed E-state index contributed by atoms with van der Waals surface area (Å²) in [6.07, 6.45) is 0. The topological polar surface area (TPSA) is 91.0 Å². The van der Waals surface area contributed by atoms with Crippen molar-refractivity contribution < 1.29 is 13.5 Å². The monoisotopic (exact) mass is 266 g/mol. The second kappa shape index (κ2) is 4.16. The number of hydrogen-bond acceptors (Lipinski definition) is 6. The summed E-state index contributed by atoms with van der Waals surface area (Å²) in [5.74, 6) is -0.549. The molecule has 0 saturated carbocycles. The molecule has 1 aromatic heterocycles. The zero-order valence-corrected chi connectivity index (χ0v) is 9.99. The molecule has 0 radical (unpaired) electrons. The fourth-order valence-electron chi connectivity index (χ4n) is 1.25. The maximum absolute atomic E-state index is 12.1. The highest BCUT2D eigenvalue weighted by Crippen LogP contribution is 2.32. The van der Waals surface area contributed by atoms with Gasteiger partial charge in [-0.1, -0.05) is 18.2 Å². The molecule has 2 aromatic rings. The summed E-state index contributed by atoms with van der Waals surface area (Å²) in [6, 6.07) is 9.34. The third-order valence-electron chi connectivity index (χ3n) is 2.05. The minimum atomic E-state index is -3.79. The number of aromatic nitrogens is 1. The van der Waals surface area contributed by atoms with Crippen molar-refractivity contribution in [2.24, 2.45) is 0 Å². The number of sulfone groups is 1. The molecule has 7 heteroatoms. The maximum atomic E-state index is 12.1. The van der Waals surface area contributed by atoms with E-state index in [1.807, 2.05) is 0 Å². The van der Waals surface area contributed by atoms with Gasteiger partial charge in [-0.25, -0.2) is 8.42 Å². The Bertz CT molecular complexity index is 684. The molecule has 0 aliphatic rings. The van der Waals surface area contributed by atoms with Gasteiger partial charge in [0.1, 0.15) is 11.6 Å². The van der Waals surface area contributed by atoms with Gasteiger partial charge >= 0.3 is 0 Å². The minimum Gasteiger partial charge on any atom is -0.492 e. The Hall–Kier alpha value is -1.91. The van der Waals surface area contributed by atoms with E-state index in [1.165, 1.54) is 12.1 Å². The van der Waals surface area contributed by atoms with E-state index >= 15 is 0 Å². The molecule has 0 aliphatic heterocycles. The Balaban J connectivity index is 2.66. The highest BCUT2D eigenvalue weighted by atomic mass is 32.2. The summed E-state index contributed by atoms with van der Waals surface area (Å²) in [4.78, 5) is 0.0696. The molecule has 0 atom stereocenters. The maximum Gasteiger partial charge on any atom is 0.242 e. The average Bonchev–Trinajstić information content (AvgIpc) is 2.72. The van der Waals surface area contributed by atoms with E-state index in [0.29, 0.717) is 11.5 Å². The van der Waals surface area contributed by atoms with Crippen LogP contribution in [0.25, 0.3) is 0 Å². The zero-order chi connectivity index (χ0) is 12.5. The number of benzene rings is 1. The largest absolute Gasteiger partial charge is 0.492 e. The van der Waals surface area contributed by atoms with Crippen molar-refractivity contribution >= 4 is 21.4 Å². The molecule has 2 rings (SSSR count). The fraction of sp³-hybridized carbons (Fsp3) is 0. The van der Waals surface area contributed by atoms with E-state index < -0.39 is 15.7 Å². The molecule has 0 unspecified atom stereocenters. The van der Waals surface area contributed by atoms with E-state index in [0.717, 1.165) is 0 Å². The summed E-state index contributed by atoms with van der Waals surface area (Å²) in [5.41, 5.74) is -0.307. The number of nitriles is 1. The standard InChI is InChI=1S/C10H6N2O3S2/c11-6-8-9(13)12-16-10(8)17(14,15)7-4-2-1-3-5-7/h1-5H,(H,12,13). The Kier molecular flexibility index (Phi) is 2.83. The van der Waals surface area contributed by atoms with Crippen LogP contribution in [0, 0.1) is 11.3 Å². The van der Waals surface area contributed by atoms with Gasteiger partial charge in [0.15, 0.2) is 4.21 Å². The number of rotatable bonds is 2. The van der Waals surface area contributed by atoms with Crippen LogP contribution >= 0.6 is 11.5 Å².